The third kappa shape index (κ3) is 4.39. The summed E-state index contributed by atoms with van der Waals surface area (Å²) in [6, 6.07) is 9.81. The van der Waals surface area contributed by atoms with Gasteiger partial charge < -0.3 is 9.84 Å². The first-order valence-corrected chi connectivity index (χ1v) is 8.34. The maximum atomic E-state index is 11.6. The molecular formula is C17H23N5O2. The number of amides is 1. The van der Waals surface area contributed by atoms with Crippen LogP contribution in [0.25, 0.3) is 11.4 Å². The first-order chi connectivity index (χ1) is 11.7. The van der Waals surface area contributed by atoms with Crippen molar-refractivity contribution >= 4 is 5.91 Å². The predicted octanol–water partition coefficient (Wildman–Crippen LogP) is 0.990. The van der Waals surface area contributed by atoms with E-state index in [1.807, 2.05) is 37.3 Å². The first kappa shape index (κ1) is 16.6. The second-order valence-corrected chi connectivity index (χ2v) is 5.88. The van der Waals surface area contributed by atoms with E-state index >= 15 is 0 Å². The van der Waals surface area contributed by atoms with Crippen molar-refractivity contribution in [2.75, 3.05) is 39.3 Å². The molecule has 0 bridgehead atoms. The van der Waals surface area contributed by atoms with Gasteiger partial charge in [-0.3, -0.25) is 14.6 Å². The summed E-state index contributed by atoms with van der Waals surface area (Å²) in [7, 11) is 0. The van der Waals surface area contributed by atoms with Crippen molar-refractivity contribution in [3.05, 3.63) is 36.2 Å². The highest BCUT2D eigenvalue weighted by atomic mass is 16.5. The molecule has 3 rings (SSSR count). The largest absolute Gasteiger partial charge is 0.355 e. The average Bonchev–Trinajstić information content (AvgIpc) is 3.06. The number of rotatable bonds is 6. The van der Waals surface area contributed by atoms with Crippen molar-refractivity contribution in [3.8, 4) is 11.4 Å². The molecule has 0 aliphatic carbocycles. The highest BCUT2D eigenvalue weighted by molar-refractivity contribution is 5.77. The van der Waals surface area contributed by atoms with Gasteiger partial charge in [0.25, 0.3) is 0 Å². The zero-order chi connectivity index (χ0) is 16.8. The molecule has 1 saturated heterocycles. The van der Waals surface area contributed by atoms with Crippen LogP contribution in [-0.4, -0.2) is 65.1 Å². The van der Waals surface area contributed by atoms with Crippen LogP contribution in [-0.2, 0) is 11.3 Å². The van der Waals surface area contributed by atoms with Crippen LogP contribution in [0, 0.1) is 0 Å². The summed E-state index contributed by atoms with van der Waals surface area (Å²) in [5, 5.41) is 6.89. The normalized spacial score (nSPS) is 16.2. The van der Waals surface area contributed by atoms with Crippen LogP contribution in [0.4, 0.5) is 0 Å². The summed E-state index contributed by atoms with van der Waals surface area (Å²) in [5.74, 6) is 1.35. The van der Waals surface area contributed by atoms with Gasteiger partial charge in [-0.25, -0.2) is 0 Å². The van der Waals surface area contributed by atoms with Gasteiger partial charge in [0.2, 0.25) is 17.6 Å². The molecule has 0 saturated carbocycles. The van der Waals surface area contributed by atoms with E-state index < -0.39 is 0 Å². The van der Waals surface area contributed by atoms with E-state index in [2.05, 4.69) is 25.3 Å². The van der Waals surface area contributed by atoms with Gasteiger partial charge in [0.05, 0.1) is 13.1 Å². The Bertz CT molecular complexity index is 650. The lowest BCUT2D eigenvalue weighted by Gasteiger charge is -2.33. The van der Waals surface area contributed by atoms with Gasteiger partial charge in [-0.1, -0.05) is 35.5 Å². The quantitative estimate of drug-likeness (QED) is 0.852. The molecule has 2 aromatic rings. The Kier molecular flexibility index (Phi) is 5.55. The smallest absolute Gasteiger partial charge is 0.241 e. The number of likely N-dealkylation sites (N-methyl/N-ethyl adjacent to an activating group) is 1. The maximum absolute atomic E-state index is 11.6. The summed E-state index contributed by atoms with van der Waals surface area (Å²) >= 11 is 0. The Labute approximate surface area is 141 Å². The van der Waals surface area contributed by atoms with Gasteiger partial charge >= 0.3 is 0 Å². The Hall–Kier alpha value is -2.25. The third-order valence-corrected chi connectivity index (χ3v) is 4.07. The summed E-state index contributed by atoms with van der Waals surface area (Å²) < 4.78 is 5.36. The number of carbonyl (C=O) groups is 1. The molecule has 0 radical (unpaired) electrons. The summed E-state index contributed by atoms with van der Waals surface area (Å²) in [4.78, 5) is 20.5. The lowest BCUT2D eigenvalue weighted by molar-refractivity contribution is -0.122. The fraction of sp³-hybridized carbons (Fsp3) is 0.471. The van der Waals surface area contributed by atoms with E-state index in [0.29, 0.717) is 31.3 Å². The van der Waals surface area contributed by atoms with E-state index in [1.165, 1.54) is 0 Å². The molecule has 7 nitrogen and oxygen atoms in total. The van der Waals surface area contributed by atoms with E-state index in [0.717, 1.165) is 31.7 Å². The molecule has 128 valence electrons. The lowest BCUT2D eigenvalue weighted by Crippen LogP contribution is -2.49. The lowest BCUT2D eigenvalue weighted by atomic mass is 10.2. The minimum Gasteiger partial charge on any atom is -0.355 e. The van der Waals surface area contributed by atoms with Crippen molar-refractivity contribution in [1.82, 2.24) is 25.3 Å². The topological polar surface area (TPSA) is 74.5 Å². The van der Waals surface area contributed by atoms with Crippen molar-refractivity contribution < 1.29 is 9.32 Å². The molecular weight excluding hydrogens is 306 g/mol. The van der Waals surface area contributed by atoms with Crippen LogP contribution < -0.4 is 5.32 Å². The Morgan fingerprint density at radius 2 is 1.88 bits per heavy atom. The van der Waals surface area contributed by atoms with Gasteiger partial charge in [0.15, 0.2) is 0 Å². The fourth-order valence-corrected chi connectivity index (χ4v) is 2.78. The first-order valence-electron chi connectivity index (χ1n) is 8.34. The number of hydrogen-bond donors (Lipinski definition) is 1. The Balaban J connectivity index is 1.48. The second kappa shape index (κ2) is 8.03. The number of carbonyl (C=O) groups excluding carboxylic acids is 1. The molecule has 1 fully saturated rings. The number of aromatic nitrogens is 2. The minimum absolute atomic E-state index is 0.0929. The average molecular weight is 329 g/mol. The number of nitrogens with zero attached hydrogens (tertiary/aromatic N) is 4. The number of benzene rings is 1. The molecule has 1 aliphatic rings. The molecule has 1 N–H and O–H groups in total. The van der Waals surface area contributed by atoms with E-state index in [-0.39, 0.29) is 5.91 Å². The van der Waals surface area contributed by atoms with Crippen LogP contribution in [0.2, 0.25) is 0 Å². The fourth-order valence-electron chi connectivity index (χ4n) is 2.78. The van der Waals surface area contributed by atoms with Crippen molar-refractivity contribution in [1.29, 1.82) is 0 Å². The summed E-state index contributed by atoms with van der Waals surface area (Å²) in [6.07, 6.45) is 0. The summed E-state index contributed by atoms with van der Waals surface area (Å²) in [6.45, 7) is 7.26. The van der Waals surface area contributed by atoms with Crippen molar-refractivity contribution in [3.63, 3.8) is 0 Å². The van der Waals surface area contributed by atoms with Gasteiger partial charge in [-0.15, -0.1) is 0 Å². The molecule has 1 aliphatic heterocycles. The Morgan fingerprint density at radius 3 is 2.58 bits per heavy atom. The second-order valence-electron chi connectivity index (χ2n) is 5.88. The molecule has 24 heavy (non-hydrogen) atoms. The molecule has 7 heteroatoms. The van der Waals surface area contributed by atoms with Gasteiger partial charge in [0.1, 0.15) is 0 Å². The zero-order valence-electron chi connectivity index (χ0n) is 13.9. The minimum atomic E-state index is 0.0929. The molecule has 0 spiro atoms. The molecule has 1 amide bonds. The summed E-state index contributed by atoms with van der Waals surface area (Å²) in [5.41, 5.74) is 0.958. The van der Waals surface area contributed by atoms with Gasteiger partial charge in [-0.05, 0) is 6.92 Å². The molecule has 2 heterocycles. The van der Waals surface area contributed by atoms with Crippen LogP contribution in [0.3, 0.4) is 0 Å². The SMILES string of the molecule is CCNC(=O)CN1CCN(Cc2nc(-c3ccccc3)no2)CC1. The van der Waals surface area contributed by atoms with Crippen molar-refractivity contribution in [2.24, 2.45) is 0 Å². The zero-order valence-corrected chi connectivity index (χ0v) is 13.9. The van der Waals surface area contributed by atoms with Crippen LogP contribution in [0.5, 0.6) is 0 Å². The number of nitrogens with one attached hydrogen (secondary N) is 1. The monoisotopic (exact) mass is 329 g/mol. The van der Waals surface area contributed by atoms with Crippen LogP contribution in [0.15, 0.2) is 34.9 Å². The molecule has 1 aromatic carbocycles. The molecule has 0 atom stereocenters. The van der Waals surface area contributed by atoms with Crippen LogP contribution in [0.1, 0.15) is 12.8 Å². The highest BCUT2D eigenvalue weighted by Crippen LogP contribution is 2.16. The molecule has 1 aromatic heterocycles. The van der Waals surface area contributed by atoms with Gasteiger partial charge in [0, 0.05) is 38.3 Å². The van der Waals surface area contributed by atoms with E-state index in [9.17, 15) is 4.79 Å². The highest BCUT2D eigenvalue weighted by Gasteiger charge is 2.20. The molecule has 0 unspecified atom stereocenters. The Morgan fingerprint density at radius 1 is 1.17 bits per heavy atom. The number of piperazine rings is 1. The van der Waals surface area contributed by atoms with Crippen molar-refractivity contribution in [2.45, 2.75) is 13.5 Å². The standard InChI is InChI=1S/C17H23N5O2/c1-2-18-15(23)12-21-8-10-22(11-9-21)13-16-19-17(20-24-16)14-6-4-3-5-7-14/h3-7H,2,8-13H2,1H3,(H,18,23). The maximum Gasteiger partial charge on any atom is 0.241 e. The third-order valence-electron chi connectivity index (χ3n) is 4.07. The van der Waals surface area contributed by atoms with E-state index in [4.69, 9.17) is 4.52 Å². The van der Waals surface area contributed by atoms with E-state index in [1.54, 1.807) is 0 Å². The van der Waals surface area contributed by atoms with Crippen LogP contribution >= 0.6 is 0 Å². The predicted molar refractivity (Wildman–Crippen MR) is 90.1 cm³/mol. The van der Waals surface area contributed by atoms with Gasteiger partial charge in [-0.2, -0.15) is 4.98 Å². The number of hydrogen-bond acceptors (Lipinski definition) is 6.